The van der Waals surface area contributed by atoms with Crippen LogP contribution >= 0.6 is 0 Å². The summed E-state index contributed by atoms with van der Waals surface area (Å²) in [6, 6.07) is 0. The second kappa shape index (κ2) is 5.12. The topological polar surface area (TPSA) is 46.5 Å². The van der Waals surface area contributed by atoms with Crippen molar-refractivity contribution in [2.45, 2.75) is 64.9 Å². The molecule has 0 aliphatic heterocycles. The SMILES string of the molecule is C[C@]12CC[C@H]3[C@@H](CCC4=CCC=C[C@@]43C)[C@@H]1CC[C@@H]2OC(=O)O. The molecule has 0 aromatic carbocycles. The van der Waals surface area contributed by atoms with E-state index in [4.69, 9.17) is 9.84 Å². The Morgan fingerprint density at radius 2 is 2.04 bits per heavy atom. The van der Waals surface area contributed by atoms with Gasteiger partial charge in [-0.2, -0.15) is 0 Å². The van der Waals surface area contributed by atoms with Gasteiger partial charge in [0.1, 0.15) is 6.10 Å². The highest BCUT2D eigenvalue weighted by Crippen LogP contribution is 2.64. The molecule has 3 nitrogen and oxygen atoms in total. The fraction of sp³-hybridized carbons (Fsp3) is 0.750. The van der Waals surface area contributed by atoms with Crippen LogP contribution in [0.2, 0.25) is 0 Å². The second-order valence-electron chi connectivity index (χ2n) is 8.56. The Morgan fingerprint density at radius 1 is 1.22 bits per heavy atom. The van der Waals surface area contributed by atoms with E-state index >= 15 is 0 Å². The highest BCUT2D eigenvalue weighted by Gasteiger charge is 2.59. The first-order chi connectivity index (χ1) is 10.9. The number of carbonyl (C=O) groups is 1. The van der Waals surface area contributed by atoms with Crippen LogP contribution in [0.3, 0.4) is 0 Å². The van der Waals surface area contributed by atoms with Crippen molar-refractivity contribution in [3.8, 4) is 0 Å². The van der Waals surface area contributed by atoms with E-state index in [1.54, 1.807) is 5.57 Å². The Hall–Kier alpha value is -1.25. The molecule has 1 N–H and O–H groups in total. The first kappa shape index (κ1) is 15.3. The average Bonchev–Trinajstić information content (AvgIpc) is 2.83. The van der Waals surface area contributed by atoms with Crippen LogP contribution in [0.5, 0.6) is 0 Å². The van der Waals surface area contributed by atoms with Gasteiger partial charge in [0.05, 0.1) is 0 Å². The van der Waals surface area contributed by atoms with Gasteiger partial charge in [-0.3, -0.25) is 0 Å². The van der Waals surface area contributed by atoms with Crippen molar-refractivity contribution in [3.05, 3.63) is 23.8 Å². The minimum atomic E-state index is -1.10. The Balaban J connectivity index is 1.63. The molecule has 0 unspecified atom stereocenters. The molecule has 0 radical (unpaired) electrons. The van der Waals surface area contributed by atoms with Gasteiger partial charge < -0.3 is 9.84 Å². The lowest BCUT2D eigenvalue weighted by Crippen LogP contribution is -2.50. The second-order valence-corrected chi connectivity index (χ2v) is 8.56. The van der Waals surface area contributed by atoms with Crippen LogP contribution in [0.4, 0.5) is 4.79 Å². The van der Waals surface area contributed by atoms with Crippen molar-refractivity contribution in [2.24, 2.45) is 28.6 Å². The minimum absolute atomic E-state index is 0.0511. The number of rotatable bonds is 1. The van der Waals surface area contributed by atoms with E-state index in [1.165, 1.54) is 19.3 Å². The summed E-state index contributed by atoms with van der Waals surface area (Å²) in [5.41, 5.74) is 1.95. The van der Waals surface area contributed by atoms with E-state index in [9.17, 15) is 4.79 Å². The van der Waals surface area contributed by atoms with E-state index in [1.807, 2.05) is 0 Å². The Kier molecular flexibility index (Phi) is 3.40. The molecule has 3 fully saturated rings. The van der Waals surface area contributed by atoms with Crippen molar-refractivity contribution in [1.29, 1.82) is 0 Å². The molecule has 126 valence electrons. The number of hydrogen-bond acceptors (Lipinski definition) is 2. The van der Waals surface area contributed by atoms with Crippen LogP contribution in [0.1, 0.15) is 58.8 Å². The molecule has 4 rings (SSSR count). The van der Waals surface area contributed by atoms with Gasteiger partial charge in [0.15, 0.2) is 0 Å². The van der Waals surface area contributed by atoms with E-state index < -0.39 is 6.16 Å². The zero-order valence-corrected chi connectivity index (χ0v) is 14.3. The number of ether oxygens (including phenoxy) is 1. The zero-order chi connectivity index (χ0) is 16.2. The van der Waals surface area contributed by atoms with Gasteiger partial charge in [0.25, 0.3) is 0 Å². The van der Waals surface area contributed by atoms with Gasteiger partial charge in [0.2, 0.25) is 0 Å². The monoisotopic (exact) mass is 316 g/mol. The average molecular weight is 316 g/mol. The highest BCUT2D eigenvalue weighted by molar-refractivity contribution is 5.57. The van der Waals surface area contributed by atoms with Crippen molar-refractivity contribution < 1.29 is 14.6 Å². The maximum Gasteiger partial charge on any atom is 0.506 e. The summed E-state index contributed by atoms with van der Waals surface area (Å²) in [5, 5.41) is 9.07. The van der Waals surface area contributed by atoms with Crippen LogP contribution in [0.15, 0.2) is 23.8 Å². The lowest BCUT2D eigenvalue weighted by Gasteiger charge is -2.56. The summed E-state index contributed by atoms with van der Waals surface area (Å²) >= 11 is 0. The van der Waals surface area contributed by atoms with Crippen molar-refractivity contribution in [1.82, 2.24) is 0 Å². The molecule has 6 atom stereocenters. The summed E-state index contributed by atoms with van der Waals surface area (Å²) in [6.07, 6.45) is 14.0. The molecule has 0 saturated heterocycles. The lowest BCUT2D eigenvalue weighted by atomic mass is 9.48. The smallest absolute Gasteiger partial charge is 0.450 e. The van der Waals surface area contributed by atoms with Gasteiger partial charge in [0, 0.05) is 10.8 Å². The number of carboxylic acid groups (broad SMARTS) is 1. The standard InChI is InChI=1S/C20H28O3/c1-19-11-4-3-5-13(19)6-7-14-15-8-9-17(23-18(21)22)20(15,2)12-10-16(14)19/h4-5,11,14-17H,3,6-10,12H2,1-2H3,(H,21,22)/t14-,15-,16-,17-,19-,20-/m0/s1. The normalized spacial score (nSPS) is 48.0. The Morgan fingerprint density at radius 3 is 2.83 bits per heavy atom. The van der Waals surface area contributed by atoms with Gasteiger partial charge in [-0.05, 0) is 62.7 Å². The molecule has 4 aliphatic carbocycles. The van der Waals surface area contributed by atoms with E-state index in [0.29, 0.717) is 5.92 Å². The molecular weight excluding hydrogens is 288 g/mol. The molecule has 23 heavy (non-hydrogen) atoms. The van der Waals surface area contributed by atoms with Gasteiger partial charge in [-0.15, -0.1) is 0 Å². The fourth-order valence-electron chi connectivity index (χ4n) is 6.61. The third-order valence-corrected chi connectivity index (χ3v) is 7.77. The van der Waals surface area contributed by atoms with Crippen LogP contribution < -0.4 is 0 Å². The molecule has 3 heteroatoms. The Labute approximate surface area is 138 Å². The van der Waals surface area contributed by atoms with Crippen LogP contribution in [-0.4, -0.2) is 17.4 Å². The Bertz CT molecular complexity index is 577. The predicted octanol–water partition coefficient (Wildman–Crippen LogP) is 5.18. The van der Waals surface area contributed by atoms with Crippen molar-refractivity contribution >= 4 is 6.16 Å². The number of hydrogen-bond donors (Lipinski definition) is 1. The molecular formula is C20H28O3. The summed E-state index contributed by atoms with van der Waals surface area (Å²) in [5.74, 6) is 2.07. The molecule has 0 heterocycles. The largest absolute Gasteiger partial charge is 0.506 e. The maximum atomic E-state index is 11.1. The predicted molar refractivity (Wildman–Crippen MR) is 89.1 cm³/mol. The van der Waals surface area contributed by atoms with Gasteiger partial charge in [-0.25, -0.2) is 4.79 Å². The molecule has 0 aromatic heterocycles. The summed E-state index contributed by atoms with van der Waals surface area (Å²) in [7, 11) is 0. The third-order valence-electron chi connectivity index (χ3n) is 7.77. The van der Waals surface area contributed by atoms with Gasteiger partial charge >= 0.3 is 6.16 Å². The molecule has 0 spiro atoms. The lowest BCUT2D eigenvalue weighted by molar-refractivity contribution is -0.0735. The zero-order valence-electron chi connectivity index (χ0n) is 14.3. The quantitative estimate of drug-likeness (QED) is 0.535. The number of fused-ring (bicyclic) bond motifs is 5. The minimum Gasteiger partial charge on any atom is -0.450 e. The van der Waals surface area contributed by atoms with E-state index in [0.717, 1.165) is 37.5 Å². The highest BCUT2D eigenvalue weighted by atomic mass is 16.7. The fourth-order valence-corrected chi connectivity index (χ4v) is 6.61. The first-order valence-corrected chi connectivity index (χ1v) is 9.22. The molecule has 0 bridgehead atoms. The molecule has 3 saturated carbocycles. The third kappa shape index (κ3) is 2.11. The van der Waals surface area contributed by atoms with E-state index in [2.05, 4.69) is 32.1 Å². The molecule has 0 amide bonds. The summed E-state index contributed by atoms with van der Waals surface area (Å²) in [4.78, 5) is 11.1. The van der Waals surface area contributed by atoms with Crippen molar-refractivity contribution in [2.75, 3.05) is 0 Å². The van der Waals surface area contributed by atoms with Gasteiger partial charge in [-0.1, -0.05) is 37.6 Å². The van der Waals surface area contributed by atoms with E-state index in [-0.39, 0.29) is 16.9 Å². The summed E-state index contributed by atoms with van der Waals surface area (Å²) < 4.78 is 5.29. The molecule has 0 aromatic rings. The van der Waals surface area contributed by atoms with Crippen LogP contribution in [0, 0.1) is 28.6 Å². The summed E-state index contributed by atoms with van der Waals surface area (Å²) in [6.45, 7) is 4.73. The maximum absolute atomic E-state index is 11.1. The molecule has 4 aliphatic rings. The first-order valence-electron chi connectivity index (χ1n) is 9.22. The van der Waals surface area contributed by atoms with Crippen molar-refractivity contribution in [3.63, 3.8) is 0 Å². The van der Waals surface area contributed by atoms with Crippen LogP contribution in [-0.2, 0) is 4.74 Å². The van der Waals surface area contributed by atoms with Crippen LogP contribution in [0.25, 0.3) is 0 Å². The number of allylic oxidation sites excluding steroid dienone is 4.